The van der Waals surface area contributed by atoms with Crippen LogP contribution in [0.1, 0.15) is 0 Å². The molecular formula is C11H7NO2. The van der Waals surface area contributed by atoms with E-state index in [1.807, 2.05) is 24.3 Å². The zero-order valence-electron chi connectivity index (χ0n) is 7.28. The van der Waals surface area contributed by atoms with Crippen molar-refractivity contribution in [2.45, 2.75) is 0 Å². The van der Waals surface area contributed by atoms with Gasteiger partial charge in [-0.25, -0.2) is 0 Å². The predicted octanol–water partition coefficient (Wildman–Crippen LogP) is 2.27. The van der Waals surface area contributed by atoms with Gasteiger partial charge in [0.05, 0.1) is 11.6 Å². The highest BCUT2D eigenvalue weighted by Gasteiger charge is 2.07. The summed E-state index contributed by atoms with van der Waals surface area (Å²) in [7, 11) is 0. The molecule has 0 aliphatic heterocycles. The molecule has 1 aromatic carbocycles. The lowest BCUT2D eigenvalue weighted by molar-refractivity contribution is 0.592. The third kappa shape index (κ3) is 0.836. The maximum atomic E-state index is 11.6. The van der Waals surface area contributed by atoms with E-state index >= 15 is 0 Å². The van der Waals surface area contributed by atoms with E-state index in [1.54, 1.807) is 0 Å². The van der Waals surface area contributed by atoms with Crippen LogP contribution in [-0.2, 0) is 0 Å². The molecule has 0 unspecified atom stereocenters. The van der Waals surface area contributed by atoms with Crippen LogP contribution >= 0.6 is 0 Å². The van der Waals surface area contributed by atoms with Gasteiger partial charge >= 0.3 is 0 Å². The molecule has 0 amide bonds. The van der Waals surface area contributed by atoms with E-state index in [4.69, 9.17) is 4.42 Å². The number of benzene rings is 1. The van der Waals surface area contributed by atoms with Gasteiger partial charge in [-0.05, 0) is 6.07 Å². The largest absolute Gasteiger partial charge is 0.448 e. The standard InChI is InChI=1S/C11H7NO2/c13-9-5-6-14-11-10(9)7-3-1-2-4-8(7)12-11/h1-6,12H. The molecule has 3 aromatic rings. The Hall–Kier alpha value is -2.03. The molecule has 68 valence electrons. The molecule has 0 saturated heterocycles. The molecule has 0 saturated carbocycles. The molecule has 0 radical (unpaired) electrons. The first-order valence-electron chi connectivity index (χ1n) is 4.34. The zero-order chi connectivity index (χ0) is 9.54. The summed E-state index contributed by atoms with van der Waals surface area (Å²) in [5.41, 5.74) is 1.46. The van der Waals surface area contributed by atoms with Crippen LogP contribution in [0.3, 0.4) is 0 Å². The Morgan fingerprint density at radius 3 is 2.93 bits per heavy atom. The van der Waals surface area contributed by atoms with Gasteiger partial charge in [0.1, 0.15) is 0 Å². The zero-order valence-corrected chi connectivity index (χ0v) is 7.28. The number of rotatable bonds is 0. The Labute approximate surface area is 79.0 Å². The molecule has 2 heterocycles. The second-order valence-corrected chi connectivity index (χ2v) is 3.16. The average Bonchev–Trinajstić information content (AvgIpc) is 2.57. The minimum absolute atomic E-state index is 0.0105. The summed E-state index contributed by atoms with van der Waals surface area (Å²) in [5.74, 6) is 0. The van der Waals surface area contributed by atoms with Crippen molar-refractivity contribution in [3.8, 4) is 0 Å². The third-order valence-electron chi connectivity index (χ3n) is 2.32. The first-order valence-corrected chi connectivity index (χ1v) is 4.34. The predicted molar refractivity (Wildman–Crippen MR) is 54.3 cm³/mol. The topological polar surface area (TPSA) is 46.0 Å². The highest BCUT2D eigenvalue weighted by atomic mass is 16.3. The van der Waals surface area contributed by atoms with Crippen molar-refractivity contribution in [1.29, 1.82) is 0 Å². The molecular weight excluding hydrogens is 178 g/mol. The van der Waals surface area contributed by atoms with Gasteiger partial charge < -0.3 is 9.40 Å². The Morgan fingerprint density at radius 2 is 2.00 bits per heavy atom. The molecule has 0 aliphatic rings. The van der Waals surface area contributed by atoms with E-state index in [9.17, 15) is 4.79 Å². The number of aromatic nitrogens is 1. The second kappa shape index (κ2) is 2.48. The van der Waals surface area contributed by atoms with E-state index < -0.39 is 0 Å². The fourth-order valence-electron chi connectivity index (χ4n) is 1.70. The summed E-state index contributed by atoms with van der Waals surface area (Å²) >= 11 is 0. The van der Waals surface area contributed by atoms with Crippen molar-refractivity contribution in [3.05, 3.63) is 46.8 Å². The number of hydrogen-bond acceptors (Lipinski definition) is 2. The van der Waals surface area contributed by atoms with Crippen LogP contribution < -0.4 is 5.43 Å². The van der Waals surface area contributed by atoms with E-state index in [1.165, 1.54) is 12.3 Å². The van der Waals surface area contributed by atoms with Crippen LogP contribution in [0.4, 0.5) is 0 Å². The van der Waals surface area contributed by atoms with Gasteiger partial charge in [0, 0.05) is 17.0 Å². The maximum Gasteiger partial charge on any atom is 0.208 e. The molecule has 0 spiro atoms. The highest BCUT2D eigenvalue weighted by molar-refractivity contribution is 6.04. The minimum Gasteiger partial charge on any atom is -0.448 e. The fourth-order valence-corrected chi connectivity index (χ4v) is 1.70. The number of para-hydroxylation sites is 1. The van der Waals surface area contributed by atoms with Gasteiger partial charge in [-0.1, -0.05) is 18.2 Å². The summed E-state index contributed by atoms with van der Waals surface area (Å²) < 4.78 is 5.22. The second-order valence-electron chi connectivity index (χ2n) is 3.16. The molecule has 0 aliphatic carbocycles. The van der Waals surface area contributed by atoms with Crippen molar-refractivity contribution in [1.82, 2.24) is 4.98 Å². The van der Waals surface area contributed by atoms with Crippen molar-refractivity contribution < 1.29 is 4.42 Å². The SMILES string of the molecule is O=c1ccoc2[nH]c3ccccc3c12. The van der Waals surface area contributed by atoms with Crippen LogP contribution in [0.2, 0.25) is 0 Å². The van der Waals surface area contributed by atoms with E-state index in [2.05, 4.69) is 4.98 Å². The summed E-state index contributed by atoms with van der Waals surface area (Å²) in [4.78, 5) is 14.6. The van der Waals surface area contributed by atoms with Gasteiger partial charge in [0.15, 0.2) is 5.43 Å². The van der Waals surface area contributed by atoms with Crippen LogP contribution in [0.15, 0.2) is 45.8 Å². The van der Waals surface area contributed by atoms with Gasteiger partial charge in [-0.15, -0.1) is 0 Å². The molecule has 3 rings (SSSR count). The minimum atomic E-state index is -0.0105. The summed E-state index contributed by atoms with van der Waals surface area (Å²) in [6.45, 7) is 0. The van der Waals surface area contributed by atoms with Gasteiger partial charge in [-0.2, -0.15) is 0 Å². The van der Waals surface area contributed by atoms with Gasteiger partial charge in [-0.3, -0.25) is 4.79 Å². The van der Waals surface area contributed by atoms with Crippen LogP contribution in [0.5, 0.6) is 0 Å². The highest BCUT2D eigenvalue weighted by Crippen LogP contribution is 2.21. The van der Waals surface area contributed by atoms with Gasteiger partial charge in [0.25, 0.3) is 0 Å². The number of nitrogens with one attached hydrogen (secondary N) is 1. The lowest BCUT2D eigenvalue weighted by Gasteiger charge is -1.86. The molecule has 14 heavy (non-hydrogen) atoms. The summed E-state index contributed by atoms with van der Waals surface area (Å²) in [6.07, 6.45) is 1.40. The number of fused-ring (bicyclic) bond motifs is 3. The molecule has 3 heteroatoms. The quantitative estimate of drug-likeness (QED) is 0.584. The molecule has 0 atom stereocenters. The fraction of sp³-hybridized carbons (Fsp3) is 0. The molecule has 2 aromatic heterocycles. The Bertz CT molecular complexity index is 663. The maximum absolute atomic E-state index is 11.6. The van der Waals surface area contributed by atoms with E-state index in [-0.39, 0.29) is 5.43 Å². The number of aromatic amines is 1. The molecule has 0 fully saturated rings. The van der Waals surface area contributed by atoms with Gasteiger partial charge in [0.2, 0.25) is 5.71 Å². The summed E-state index contributed by atoms with van der Waals surface area (Å²) in [6, 6.07) is 9.09. The van der Waals surface area contributed by atoms with Crippen LogP contribution in [0, 0.1) is 0 Å². The van der Waals surface area contributed by atoms with E-state index in [0.29, 0.717) is 11.1 Å². The number of hydrogen-bond donors (Lipinski definition) is 1. The smallest absolute Gasteiger partial charge is 0.208 e. The lowest BCUT2D eigenvalue weighted by Crippen LogP contribution is -1.95. The molecule has 3 nitrogen and oxygen atoms in total. The first kappa shape index (κ1) is 7.38. The van der Waals surface area contributed by atoms with Crippen molar-refractivity contribution >= 4 is 22.0 Å². The van der Waals surface area contributed by atoms with Crippen molar-refractivity contribution in [2.24, 2.45) is 0 Å². The van der Waals surface area contributed by atoms with Crippen LogP contribution in [0.25, 0.3) is 22.0 Å². The van der Waals surface area contributed by atoms with Crippen molar-refractivity contribution in [3.63, 3.8) is 0 Å². The monoisotopic (exact) mass is 185 g/mol. The Kier molecular flexibility index (Phi) is 1.31. The lowest BCUT2D eigenvalue weighted by atomic mass is 10.2. The van der Waals surface area contributed by atoms with Crippen molar-refractivity contribution in [2.75, 3.05) is 0 Å². The number of H-pyrrole nitrogens is 1. The Morgan fingerprint density at radius 1 is 1.14 bits per heavy atom. The first-order chi connectivity index (χ1) is 6.86. The normalized spacial score (nSPS) is 11.1. The Balaban J connectivity index is 2.73. The summed E-state index contributed by atoms with van der Waals surface area (Å²) in [5, 5.41) is 1.54. The third-order valence-corrected chi connectivity index (χ3v) is 2.32. The van der Waals surface area contributed by atoms with E-state index in [0.717, 1.165) is 10.9 Å². The van der Waals surface area contributed by atoms with Crippen LogP contribution in [-0.4, -0.2) is 4.98 Å². The molecule has 0 bridgehead atoms. The average molecular weight is 185 g/mol. The molecule has 1 N–H and O–H groups in total.